The van der Waals surface area contributed by atoms with Crippen LogP contribution >= 0.6 is 34.5 Å². The molecule has 1 amide bonds. The highest BCUT2D eigenvalue weighted by Crippen LogP contribution is 2.29. The second kappa shape index (κ2) is 8.18. The number of aromatic nitrogens is 2. The predicted molar refractivity (Wildman–Crippen MR) is 119 cm³/mol. The number of aryl methyl sites for hydroxylation is 1. The van der Waals surface area contributed by atoms with Crippen LogP contribution in [0.5, 0.6) is 0 Å². The second-order valence-electron chi connectivity index (χ2n) is 6.58. The Hall–Kier alpha value is -2.74. The maximum atomic E-state index is 13.2. The van der Waals surface area contributed by atoms with Crippen LogP contribution in [0, 0.1) is 12.7 Å². The van der Waals surface area contributed by atoms with Gasteiger partial charge < -0.3 is 5.32 Å². The highest BCUT2D eigenvalue weighted by molar-refractivity contribution is 7.20. The normalized spacial score (nSPS) is 11.1. The molecule has 0 radical (unpaired) electrons. The van der Waals surface area contributed by atoms with Gasteiger partial charge in [0.25, 0.3) is 11.5 Å². The van der Waals surface area contributed by atoms with Crippen molar-refractivity contribution in [2.75, 3.05) is 5.32 Å². The third-order valence-electron chi connectivity index (χ3n) is 4.60. The van der Waals surface area contributed by atoms with Gasteiger partial charge in [-0.05, 0) is 42.3 Å². The molecule has 0 fully saturated rings. The third kappa shape index (κ3) is 3.84. The van der Waals surface area contributed by atoms with Crippen LogP contribution in [0.2, 0.25) is 10.0 Å². The maximum absolute atomic E-state index is 13.2. The fourth-order valence-electron chi connectivity index (χ4n) is 3.07. The van der Waals surface area contributed by atoms with Crippen LogP contribution in [0.3, 0.4) is 0 Å². The summed E-state index contributed by atoms with van der Waals surface area (Å²) >= 11 is 13.3. The number of amides is 1. The zero-order valence-corrected chi connectivity index (χ0v) is 17.9. The number of benzene rings is 2. The Balaban J connectivity index is 1.70. The lowest BCUT2D eigenvalue weighted by molar-refractivity contribution is 0.103. The minimum atomic E-state index is -0.501. The van der Waals surface area contributed by atoms with E-state index in [4.69, 9.17) is 23.2 Å². The predicted octanol–water partition coefficient (Wildman–Crippen LogP) is 5.51. The van der Waals surface area contributed by atoms with Crippen LogP contribution in [-0.4, -0.2) is 15.5 Å². The van der Waals surface area contributed by atoms with Crippen molar-refractivity contribution in [3.8, 4) is 0 Å². The molecule has 4 aromatic rings. The van der Waals surface area contributed by atoms with Crippen LogP contribution in [-0.2, 0) is 6.54 Å². The molecule has 0 saturated heterocycles. The van der Waals surface area contributed by atoms with Gasteiger partial charge in [0.2, 0.25) is 0 Å². The molecule has 0 saturated carbocycles. The minimum absolute atomic E-state index is 0.0855. The molecule has 2 heterocycles. The van der Waals surface area contributed by atoms with E-state index in [9.17, 15) is 14.0 Å². The van der Waals surface area contributed by atoms with Crippen molar-refractivity contribution in [1.82, 2.24) is 9.55 Å². The van der Waals surface area contributed by atoms with E-state index in [0.29, 0.717) is 25.7 Å². The maximum Gasteiger partial charge on any atom is 0.266 e. The zero-order chi connectivity index (χ0) is 21.4. The highest BCUT2D eigenvalue weighted by atomic mass is 35.5. The summed E-state index contributed by atoms with van der Waals surface area (Å²) in [5.74, 6) is -0.944. The molecular weight excluding hydrogens is 448 g/mol. The molecule has 5 nitrogen and oxygen atoms in total. The third-order valence-corrected chi connectivity index (χ3v) is 6.48. The number of hydrogen-bond donors (Lipinski definition) is 1. The molecule has 30 heavy (non-hydrogen) atoms. The number of rotatable bonds is 4. The molecule has 0 unspecified atom stereocenters. The van der Waals surface area contributed by atoms with E-state index < -0.39 is 11.7 Å². The van der Waals surface area contributed by atoms with Crippen molar-refractivity contribution in [2.45, 2.75) is 13.5 Å². The van der Waals surface area contributed by atoms with Crippen molar-refractivity contribution in [3.05, 3.63) is 91.0 Å². The monoisotopic (exact) mass is 461 g/mol. The summed E-state index contributed by atoms with van der Waals surface area (Å²) in [6.45, 7) is 1.96. The van der Waals surface area contributed by atoms with E-state index in [1.807, 2.05) is 18.2 Å². The molecule has 0 aliphatic rings. The van der Waals surface area contributed by atoms with Gasteiger partial charge in [0, 0.05) is 5.02 Å². The Morgan fingerprint density at radius 3 is 2.70 bits per heavy atom. The SMILES string of the molecule is Cc1c(C(=O)Nc2ccc(F)cc2Cl)sc2ncn(Cc3ccccc3Cl)c(=O)c12. The molecule has 2 aromatic heterocycles. The molecule has 0 bridgehead atoms. The fourth-order valence-corrected chi connectivity index (χ4v) is 4.51. The number of thiophene rings is 1. The van der Waals surface area contributed by atoms with Gasteiger partial charge in [-0.1, -0.05) is 41.4 Å². The van der Waals surface area contributed by atoms with E-state index in [-0.39, 0.29) is 22.8 Å². The summed E-state index contributed by atoms with van der Waals surface area (Å²) < 4.78 is 14.7. The van der Waals surface area contributed by atoms with Crippen LogP contribution in [0.25, 0.3) is 10.2 Å². The van der Waals surface area contributed by atoms with Crippen molar-refractivity contribution < 1.29 is 9.18 Å². The first-order chi connectivity index (χ1) is 14.3. The number of hydrogen-bond acceptors (Lipinski definition) is 4. The average molecular weight is 462 g/mol. The smallest absolute Gasteiger partial charge is 0.266 e. The average Bonchev–Trinajstić information content (AvgIpc) is 3.05. The van der Waals surface area contributed by atoms with E-state index in [1.54, 1.807) is 13.0 Å². The summed E-state index contributed by atoms with van der Waals surface area (Å²) in [4.78, 5) is 31.0. The molecule has 2 aromatic carbocycles. The quantitative estimate of drug-likeness (QED) is 0.435. The lowest BCUT2D eigenvalue weighted by atomic mass is 10.2. The minimum Gasteiger partial charge on any atom is -0.320 e. The molecule has 0 atom stereocenters. The number of carbonyl (C=O) groups is 1. The fraction of sp³-hybridized carbons (Fsp3) is 0.0952. The van der Waals surface area contributed by atoms with Crippen LogP contribution < -0.4 is 10.9 Å². The van der Waals surface area contributed by atoms with E-state index in [0.717, 1.165) is 23.0 Å². The molecule has 1 N–H and O–H groups in total. The van der Waals surface area contributed by atoms with Gasteiger partial charge in [-0.2, -0.15) is 0 Å². The van der Waals surface area contributed by atoms with Crippen molar-refractivity contribution in [2.24, 2.45) is 0 Å². The Morgan fingerprint density at radius 1 is 1.20 bits per heavy atom. The summed E-state index contributed by atoms with van der Waals surface area (Å²) in [6.07, 6.45) is 1.45. The lowest BCUT2D eigenvalue weighted by Crippen LogP contribution is -2.21. The zero-order valence-electron chi connectivity index (χ0n) is 15.6. The van der Waals surface area contributed by atoms with Crippen LogP contribution in [0.15, 0.2) is 53.6 Å². The topological polar surface area (TPSA) is 64.0 Å². The molecule has 0 spiro atoms. The first-order valence-corrected chi connectivity index (χ1v) is 10.4. The summed E-state index contributed by atoms with van der Waals surface area (Å²) in [5, 5.41) is 3.68. The van der Waals surface area contributed by atoms with Gasteiger partial charge in [0.1, 0.15) is 10.6 Å². The molecule has 4 rings (SSSR count). The number of carbonyl (C=O) groups excluding carboxylic acids is 1. The van der Waals surface area contributed by atoms with Crippen molar-refractivity contribution in [3.63, 3.8) is 0 Å². The largest absolute Gasteiger partial charge is 0.320 e. The first kappa shape index (κ1) is 20.5. The summed E-state index contributed by atoms with van der Waals surface area (Å²) in [7, 11) is 0. The molecule has 0 aliphatic carbocycles. The Kier molecular flexibility index (Phi) is 5.60. The van der Waals surface area contributed by atoms with E-state index >= 15 is 0 Å². The van der Waals surface area contributed by atoms with Gasteiger partial charge in [0.15, 0.2) is 0 Å². The van der Waals surface area contributed by atoms with Gasteiger partial charge in [0.05, 0.1) is 33.8 Å². The van der Waals surface area contributed by atoms with Crippen molar-refractivity contribution >= 4 is 56.3 Å². The second-order valence-corrected chi connectivity index (χ2v) is 8.40. The summed E-state index contributed by atoms with van der Waals surface area (Å²) in [6, 6.07) is 11.0. The van der Waals surface area contributed by atoms with Gasteiger partial charge >= 0.3 is 0 Å². The number of anilines is 1. The van der Waals surface area contributed by atoms with Gasteiger partial charge in [-0.15, -0.1) is 11.3 Å². The summed E-state index contributed by atoms with van der Waals surface area (Å²) in [5.41, 5.74) is 1.34. The van der Waals surface area contributed by atoms with Crippen molar-refractivity contribution in [1.29, 1.82) is 0 Å². The first-order valence-electron chi connectivity index (χ1n) is 8.83. The van der Waals surface area contributed by atoms with Gasteiger partial charge in [-0.3, -0.25) is 14.2 Å². The molecule has 9 heteroatoms. The van der Waals surface area contributed by atoms with E-state index in [1.165, 1.54) is 23.0 Å². The number of halogens is 3. The van der Waals surface area contributed by atoms with Crippen LogP contribution in [0.4, 0.5) is 10.1 Å². The number of nitrogens with one attached hydrogen (secondary N) is 1. The lowest BCUT2D eigenvalue weighted by Gasteiger charge is -2.07. The Labute approximate surface area is 184 Å². The molecule has 0 aliphatic heterocycles. The van der Waals surface area contributed by atoms with Crippen LogP contribution in [0.1, 0.15) is 20.8 Å². The highest BCUT2D eigenvalue weighted by Gasteiger charge is 2.20. The Bertz CT molecular complexity index is 1350. The molecule has 152 valence electrons. The Morgan fingerprint density at radius 2 is 1.97 bits per heavy atom. The number of fused-ring (bicyclic) bond motifs is 1. The standard InChI is InChI=1S/C21H14Cl2FN3O2S/c1-11-17-20(25-10-27(21(17)29)9-12-4-2-3-5-14(12)22)30-18(11)19(28)26-16-7-6-13(24)8-15(16)23/h2-8,10H,9H2,1H3,(H,26,28). The van der Waals surface area contributed by atoms with Gasteiger partial charge in [-0.25, -0.2) is 9.37 Å². The van der Waals surface area contributed by atoms with E-state index in [2.05, 4.69) is 10.3 Å². The number of nitrogens with zero attached hydrogens (tertiary/aromatic N) is 2. The molecular formula is C21H14Cl2FN3O2S.